The molecule has 0 aliphatic carbocycles. The van der Waals surface area contributed by atoms with Crippen LogP contribution >= 0.6 is 0 Å². The van der Waals surface area contributed by atoms with Gasteiger partial charge in [-0.2, -0.15) is 48.3 Å². The highest BCUT2D eigenvalue weighted by Gasteiger charge is 2.83. The molecule has 0 saturated carbocycles. The minimum absolute atomic E-state index is 1.02. The average molecular weight is 396 g/mol. The predicted octanol–water partition coefficient (Wildman–Crippen LogP) is 5.54. The van der Waals surface area contributed by atoms with Gasteiger partial charge < -0.3 is 4.74 Å². The standard InChI is InChI=1S/C12H11F11O2/c1-8(2,3)25-7(24)5(6(13)14)4-9(10(15,16)17,11(18,19)20)12(21,22)23/h4H2,1-3H3. The molecule has 0 aromatic carbocycles. The van der Waals surface area contributed by atoms with Crippen molar-refractivity contribution in [2.75, 3.05) is 0 Å². The Hall–Kier alpha value is -1.56. The first-order chi connectivity index (χ1) is 10.7. The minimum Gasteiger partial charge on any atom is -0.456 e. The molecule has 0 amide bonds. The van der Waals surface area contributed by atoms with Crippen LogP contribution in [0.25, 0.3) is 0 Å². The maximum Gasteiger partial charge on any atom is 0.412 e. The summed E-state index contributed by atoms with van der Waals surface area (Å²) in [5.74, 6) is -2.42. The van der Waals surface area contributed by atoms with Crippen LogP contribution in [0.4, 0.5) is 48.3 Å². The molecule has 0 radical (unpaired) electrons. The van der Waals surface area contributed by atoms with Gasteiger partial charge in [-0.25, -0.2) is 4.79 Å². The lowest BCUT2D eigenvalue weighted by molar-refractivity contribution is -0.426. The molecule has 0 rings (SSSR count). The summed E-state index contributed by atoms with van der Waals surface area (Å²) in [5.41, 5.74) is -10.9. The van der Waals surface area contributed by atoms with Crippen molar-refractivity contribution in [3.63, 3.8) is 0 Å². The Kier molecular flexibility index (Phi) is 6.22. The van der Waals surface area contributed by atoms with Gasteiger partial charge in [0.25, 0.3) is 11.5 Å². The fraction of sp³-hybridized carbons (Fsp3) is 0.750. The van der Waals surface area contributed by atoms with Crippen molar-refractivity contribution >= 4 is 5.97 Å². The van der Waals surface area contributed by atoms with Gasteiger partial charge in [0.1, 0.15) is 11.2 Å². The van der Waals surface area contributed by atoms with E-state index in [4.69, 9.17) is 0 Å². The molecule has 2 nitrogen and oxygen atoms in total. The Morgan fingerprint density at radius 1 is 0.760 bits per heavy atom. The van der Waals surface area contributed by atoms with E-state index >= 15 is 0 Å². The summed E-state index contributed by atoms with van der Waals surface area (Å²) in [6.07, 6.45) is -28.0. The average Bonchev–Trinajstić information content (AvgIpc) is 2.19. The normalized spacial score (nSPS) is 14.3. The lowest BCUT2D eigenvalue weighted by Crippen LogP contribution is -2.60. The van der Waals surface area contributed by atoms with Crippen LogP contribution in [0.3, 0.4) is 0 Å². The molecule has 0 aliphatic rings. The van der Waals surface area contributed by atoms with E-state index in [1.807, 2.05) is 0 Å². The van der Waals surface area contributed by atoms with Crippen molar-refractivity contribution < 1.29 is 57.8 Å². The lowest BCUT2D eigenvalue weighted by Gasteiger charge is -2.38. The van der Waals surface area contributed by atoms with Crippen molar-refractivity contribution in [1.82, 2.24) is 0 Å². The second kappa shape index (κ2) is 6.63. The van der Waals surface area contributed by atoms with E-state index in [1.54, 1.807) is 0 Å². The number of hydrogen-bond donors (Lipinski definition) is 0. The molecule has 0 saturated heterocycles. The molecule has 148 valence electrons. The number of alkyl halides is 9. The zero-order valence-corrected chi connectivity index (χ0v) is 12.7. The number of ether oxygens (including phenoxy) is 1. The Morgan fingerprint density at radius 2 is 1.08 bits per heavy atom. The summed E-state index contributed by atoms with van der Waals surface area (Å²) < 4.78 is 144. The molecule has 13 heteroatoms. The van der Waals surface area contributed by atoms with Gasteiger partial charge in [0, 0.05) is 6.42 Å². The molecule has 0 bridgehead atoms. The molecular weight excluding hydrogens is 385 g/mol. The minimum atomic E-state index is -7.06. The molecule has 0 unspecified atom stereocenters. The highest BCUT2D eigenvalue weighted by molar-refractivity contribution is 5.89. The van der Waals surface area contributed by atoms with Gasteiger partial charge >= 0.3 is 24.5 Å². The topological polar surface area (TPSA) is 26.3 Å². The Balaban J connectivity index is 6.44. The van der Waals surface area contributed by atoms with Crippen molar-refractivity contribution in [3.05, 3.63) is 11.7 Å². The predicted molar refractivity (Wildman–Crippen MR) is 60.3 cm³/mol. The Labute approximate surface area is 133 Å². The first kappa shape index (κ1) is 23.4. The van der Waals surface area contributed by atoms with Crippen LogP contribution in [0.2, 0.25) is 0 Å². The number of hydrogen-bond acceptors (Lipinski definition) is 2. The van der Waals surface area contributed by atoms with E-state index in [1.165, 1.54) is 0 Å². The van der Waals surface area contributed by atoms with Crippen molar-refractivity contribution in [1.29, 1.82) is 0 Å². The fourth-order valence-corrected chi connectivity index (χ4v) is 1.60. The van der Waals surface area contributed by atoms with Gasteiger partial charge in [-0.3, -0.25) is 0 Å². The number of esters is 1. The summed E-state index contributed by atoms with van der Waals surface area (Å²) >= 11 is 0. The molecule has 25 heavy (non-hydrogen) atoms. The quantitative estimate of drug-likeness (QED) is 0.356. The van der Waals surface area contributed by atoms with Crippen LogP contribution in [0.5, 0.6) is 0 Å². The summed E-state index contributed by atoms with van der Waals surface area (Å²) in [6, 6.07) is 0. The summed E-state index contributed by atoms with van der Waals surface area (Å²) in [4.78, 5) is 11.4. The van der Waals surface area contributed by atoms with E-state index < -0.39 is 53.6 Å². The summed E-state index contributed by atoms with van der Waals surface area (Å²) in [5, 5.41) is 0. The van der Waals surface area contributed by atoms with Crippen LogP contribution in [0, 0.1) is 5.41 Å². The molecule has 0 N–H and O–H groups in total. The van der Waals surface area contributed by atoms with Gasteiger partial charge in [-0.05, 0) is 20.8 Å². The summed E-state index contributed by atoms with van der Waals surface area (Å²) in [6.45, 7) is 3.05. The second-order valence-electron chi connectivity index (χ2n) is 5.82. The van der Waals surface area contributed by atoms with E-state index in [-0.39, 0.29) is 0 Å². The van der Waals surface area contributed by atoms with Crippen molar-refractivity contribution in [2.24, 2.45) is 5.41 Å². The molecule has 0 atom stereocenters. The second-order valence-corrected chi connectivity index (χ2v) is 5.82. The van der Waals surface area contributed by atoms with Crippen LogP contribution in [-0.4, -0.2) is 30.1 Å². The number of rotatable bonds is 3. The zero-order valence-electron chi connectivity index (χ0n) is 12.7. The van der Waals surface area contributed by atoms with E-state index in [0.717, 1.165) is 20.8 Å². The van der Waals surface area contributed by atoms with Gasteiger partial charge in [0.05, 0.1) is 0 Å². The van der Waals surface area contributed by atoms with Gasteiger partial charge in [-0.15, -0.1) is 0 Å². The van der Waals surface area contributed by atoms with Crippen LogP contribution in [-0.2, 0) is 9.53 Å². The molecule has 0 spiro atoms. The van der Waals surface area contributed by atoms with E-state index in [9.17, 15) is 53.1 Å². The Morgan fingerprint density at radius 3 is 1.28 bits per heavy atom. The maximum absolute atomic E-state index is 12.7. The molecule has 0 aliphatic heterocycles. The zero-order chi connectivity index (χ0) is 20.6. The van der Waals surface area contributed by atoms with Crippen LogP contribution < -0.4 is 0 Å². The fourth-order valence-electron chi connectivity index (χ4n) is 1.60. The maximum atomic E-state index is 12.7. The lowest BCUT2D eigenvalue weighted by atomic mass is 9.79. The third-order valence-electron chi connectivity index (χ3n) is 2.77. The smallest absolute Gasteiger partial charge is 0.412 e. The largest absolute Gasteiger partial charge is 0.456 e. The molecular formula is C12H11F11O2. The third-order valence-corrected chi connectivity index (χ3v) is 2.77. The first-order valence-corrected chi connectivity index (χ1v) is 6.15. The Bertz CT molecular complexity index is 491. The van der Waals surface area contributed by atoms with Gasteiger partial charge in [-0.1, -0.05) is 0 Å². The molecule has 0 fully saturated rings. The molecule has 0 aromatic rings. The first-order valence-electron chi connectivity index (χ1n) is 6.15. The SMILES string of the molecule is CC(C)(C)OC(=O)C(CC(C(F)(F)F)(C(F)(F)F)C(F)(F)F)=C(F)F. The summed E-state index contributed by atoms with van der Waals surface area (Å²) in [7, 11) is 0. The van der Waals surface area contributed by atoms with Gasteiger partial charge in [0.2, 0.25) is 0 Å². The van der Waals surface area contributed by atoms with Crippen LogP contribution in [0.15, 0.2) is 11.7 Å². The monoisotopic (exact) mass is 396 g/mol. The van der Waals surface area contributed by atoms with Crippen LogP contribution in [0.1, 0.15) is 27.2 Å². The highest BCUT2D eigenvalue weighted by Crippen LogP contribution is 2.62. The molecule has 0 heterocycles. The number of carbonyl (C=O) groups is 1. The molecule has 0 aromatic heterocycles. The van der Waals surface area contributed by atoms with Crippen molar-refractivity contribution in [2.45, 2.75) is 51.3 Å². The van der Waals surface area contributed by atoms with E-state index in [2.05, 4.69) is 4.74 Å². The number of halogens is 11. The van der Waals surface area contributed by atoms with Gasteiger partial charge in [0.15, 0.2) is 0 Å². The van der Waals surface area contributed by atoms with Crippen molar-refractivity contribution in [3.8, 4) is 0 Å². The third kappa shape index (κ3) is 4.97. The number of carbonyl (C=O) groups excluding carboxylic acids is 1. The van der Waals surface area contributed by atoms with E-state index in [0.29, 0.717) is 0 Å². The highest BCUT2D eigenvalue weighted by atomic mass is 19.4.